The van der Waals surface area contributed by atoms with Crippen LogP contribution in [0.15, 0.2) is 18.2 Å². The monoisotopic (exact) mass is 353 g/mol. The molecule has 0 unspecified atom stereocenters. The summed E-state index contributed by atoms with van der Waals surface area (Å²) < 4.78 is 14.9. The van der Waals surface area contributed by atoms with Crippen LogP contribution in [-0.2, 0) is 9.47 Å². The molecule has 0 aromatic heterocycles. The number of rotatable bonds is 9. The molecule has 1 amide bonds. The number of anilines is 1. The van der Waals surface area contributed by atoms with Crippen molar-refractivity contribution in [1.29, 1.82) is 0 Å². The van der Waals surface area contributed by atoms with Crippen molar-refractivity contribution in [2.24, 2.45) is 0 Å². The van der Waals surface area contributed by atoms with E-state index < -0.39 is 18.2 Å². The maximum Gasteiger partial charge on any atom is 0.513 e. The minimum atomic E-state index is -1.18. The van der Waals surface area contributed by atoms with Crippen LogP contribution in [-0.4, -0.2) is 36.5 Å². The van der Waals surface area contributed by atoms with Crippen LogP contribution in [0.3, 0.4) is 0 Å². The fourth-order valence-electron chi connectivity index (χ4n) is 1.72. The quantitative estimate of drug-likeness (QED) is 0.391. The van der Waals surface area contributed by atoms with Gasteiger partial charge in [-0.05, 0) is 31.0 Å². The van der Waals surface area contributed by atoms with Gasteiger partial charge in [-0.15, -0.1) is 0 Å². The van der Waals surface area contributed by atoms with Gasteiger partial charge in [-0.3, -0.25) is 5.32 Å². The van der Waals surface area contributed by atoms with Crippen molar-refractivity contribution in [1.82, 2.24) is 0 Å². The Morgan fingerprint density at radius 3 is 2.28 bits per heavy atom. The van der Waals surface area contributed by atoms with Gasteiger partial charge in [0.15, 0.2) is 5.75 Å². The lowest BCUT2D eigenvalue weighted by Gasteiger charge is -2.12. The Bertz CT molecular complexity index is 601. The van der Waals surface area contributed by atoms with Crippen LogP contribution < -0.4 is 10.1 Å². The molecule has 0 aliphatic carbocycles. The molecule has 1 aromatic rings. The molecule has 0 heterocycles. The van der Waals surface area contributed by atoms with Crippen molar-refractivity contribution >= 4 is 23.9 Å². The van der Waals surface area contributed by atoms with Crippen molar-refractivity contribution in [3.8, 4) is 5.75 Å². The summed E-state index contributed by atoms with van der Waals surface area (Å²) in [5.74, 6) is -1.21. The number of aromatic carboxylic acids is 1. The number of nitrogens with one attached hydrogen (secondary N) is 1. The first-order valence-electron chi connectivity index (χ1n) is 8.13. The standard InChI is InChI=1S/C17H23NO7/c1-3-5-9-23-16(21)18-13-11-12(15(19)20)7-8-14(13)25-17(22)24-10-6-4-2/h7-8,11H,3-6,9-10H2,1-2H3,(H,18,21)(H,19,20). The smallest absolute Gasteiger partial charge is 0.478 e. The molecule has 8 heteroatoms. The van der Waals surface area contributed by atoms with Gasteiger partial charge in [-0.2, -0.15) is 0 Å². The minimum Gasteiger partial charge on any atom is -0.478 e. The predicted octanol–water partition coefficient (Wildman–Crippen LogP) is 4.05. The minimum absolute atomic E-state index is 0.00819. The van der Waals surface area contributed by atoms with Crippen LogP contribution in [0.2, 0.25) is 0 Å². The van der Waals surface area contributed by atoms with Crippen molar-refractivity contribution in [2.45, 2.75) is 39.5 Å². The fraction of sp³-hybridized carbons (Fsp3) is 0.471. The lowest BCUT2D eigenvalue weighted by Crippen LogP contribution is -2.17. The molecule has 0 fully saturated rings. The molecule has 25 heavy (non-hydrogen) atoms. The second kappa shape index (κ2) is 10.9. The van der Waals surface area contributed by atoms with E-state index in [9.17, 15) is 14.4 Å². The highest BCUT2D eigenvalue weighted by Gasteiger charge is 2.16. The highest BCUT2D eigenvalue weighted by atomic mass is 16.7. The summed E-state index contributed by atoms with van der Waals surface area (Å²) in [6, 6.07) is 3.70. The van der Waals surface area contributed by atoms with Crippen molar-refractivity contribution in [3.05, 3.63) is 23.8 Å². The summed E-state index contributed by atoms with van der Waals surface area (Å²) in [6.07, 6.45) is 1.42. The normalized spacial score (nSPS) is 10.0. The highest BCUT2D eigenvalue weighted by Crippen LogP contribution is 2.26. The van der Waals surface area contributed by atoms with Gasteiger partial charge in [-0.1, -0.05) is 26.7 Å². The number of carboxylic acid groups (broad SMARTS) is 1. The Morgan fingerprint density at radius 1 is 1.04 bits per heavy atom. The van der Waals surface area contributed by atoms with Crippen LogP contribution in [0.1, 0.15) is 49.9 Å². The largest absolute Gasteiger partial charge is 0.513 e. The van der Waals surface area contributed by atoms with Crippen LogP contribution in [0.4, 0.5) is 15.3 Å². The third-order valence-corrected chi connectivity index (χ3v) is 3.11. The summed E-state index contributed by atoms with van der Waals surface area (Å²) >= 11 is 0. The number of carboxylic acids is 1. The number of amides is 1. The lowest BCUT2D eigenvalue weighted by atomic mass is 10.2. The zero-order chi connectivity index (χ0) is 18.7. The molecule has 0 bridgehead atoms. The third-order valence-electron chi connectivity index (χ3n) is 3.11. The summed E-state index contributed by atoms with van der Waals surface area (Å²) in [5.41, 5.74) is -0.0654. The summed E-state index contributed by atoms with van der Waals surface area (Å²) in [7, 11) is 0. The van der Waals surface area contributed by atoms with Crippen molar-refractivity contribution < 1.29 is 33.7 Å². The second-order valence-electron chi connectivity index (χ2n) is 5.18. The zero-order valence-electron chi connectivity index (χ0n) is 14.4. The van der Waals surface area contributed by atoms with Crippen molar-refractivity contribution in [2.75, 3.05) is 18.5 Å². The SMILES string of the molecule is CCCCOC(=O)Nc1cc(C(=O)O)ccc1OC(=O)OCCCC. The zero-order valence-corrected chi connectivity index (χ0v) is 14.4. The molecular formula is C17H23NO7. The number of carbonyl (C=O) groups is 3. The van der Waals surface area contributed by atoms with Gasteiger partial charge in [0.25, 0.3) is 0 Å². The van der Waals surface area contributed by atoms with Gasteiger partial charge in [0.05, 0.1) is 24.5 Å². The molecular weight excluding hydrogens is 330 g/mol. The molecule has 8 nitrogen and oxygen atoms in total. The van der Waals surface area contributed by atoms with Gasteiger partial charge in [0, 0.05) is 0 Å². The molecule has 0 aliphatic heterocycles. The van der Waals surface area contributed by atoms with E-state index in [-0.39, 0.29) is 30.2 Å². The first-order chi connectivity index (χ1) is 12.0. The third kappa shape index (κ3) is 7.56. The van der Waals surface area contributed by atoms with Gasteiger partial charge in [0.2, 0.25) is 0 Å². The van der Waals surface area contributed by atoms with E-state index in [0.29, 0.717) is 12.8 Å². The number of hydrogen-bond donors (Lipinski definition) is 2. The Kier molecular flexibility index (Phi) is 8.84. The summed E-state index contributed by atoms with van der Waals surface area (Å²) in [4.78, 5) is 34.5. The van der Waals surface area contributed by atoms with E-state index in [1.54, 1.807) is 0 Å². The van der Waals surface area contributed by atoms with Gasteiger partial charge in [-0.25, -0.2) is 14.4 Å². The maximum absolute atomic E-state index is 11.8. The van der Waals surface area contributed by atoms with Crippen LogP contribution in [0, 0.1) is 0 Å². The molecule has 0 atom stereocenters. The van der Waals surface area contributed by atoms with E-state index in [0.717, 1.165) is 12.8 Å². The predicted molar refractivity (Wildman–Crippen MR) is 90.2 cm³/mol. The number of ether oxygens (including phenoxy) is 3. The maximum atomic E-state index is 11.8. The van der Waals surface area contributed by atoms with E-state index in [2.05, 4.69) is 5.32 Å². The van der Waals surface area contributed by atoms with Gasteiger partial charge < -0.3 is 19.3 Å². The molecule has 0 saturated carbocycles. The van der Waals surface area contributed by atoms with Crippen molar-refractivity contribution in [3.63, 3.8) is 0 Å². The van der Waals surface area contributed by atoms with E-state index in [4.69, 9.17) is 19.3 Å². The molecule has 0 spiro atoms. The lowest BCUT2D eigenvalue weighted by molar-refractivity contribution is 0.0696. The first kappa shape index (κ1) is 20.3. The first-order valence-corrected chi connectivity index (χ1v) is 8.13. The molecule has 2 N–H and O–H groups in total. The topological polar surface area (TPSA) is 111 Å². The van der Waals surface area contributed by atoms with E-state index in [1.165, 1.54) is 18.2 Å². The Hall–Kier alpha value is -2.77. The van der Waals surface area contributed by atoms with Gasteiger partial charge in [0.1, 0.15) is 0 Å². The second-order valence-corrected chi connectivity index (χ2v) is 5.18. The highest BCUT2D eigenvalue weighted by molar-refractivity contribution is 5.93. The fourth-order valence-corrected chi connectivity index (χ4v) is 1.72. The van der Waals surface area contributed by atoms with E-state index in [1.807, 2.05) is 13.8 Å². The number of benzene rings is 1. The Balaban J connectivity index is 2.82. The summed E-state index contributed by atoms with van der Waals surface area (Å²) in [6.45, 7) is 4.35. The average Bonchev–Trinajstić information content (AvgIpc) is 2.56. The number of unbranched alkanes of at least 4 members (excludes halogenated alkanes) is 2. The van der Waals surface area contributed by atoms with Crippen LogP contribution in [0.25, 0.3) is 0 Å². The summed E-state index contributed by atoms with van der Waals surface area (Å²) in [5, 5.41) is 11.4. The molecule has 0 radical (unpaired) electrons. The Labute approximate surface area is 146 Å². The van der Waals surface area contributed by atoms with E-state index >= 15 is 0 Å². The number of hydrogen-bond acceptors (Lipinski definition) is 6. The Morgan fingerprint density at radius 2 is 1.68 bits per heavy atom. The van der Waals surface area contributed by atoms with Crippen LogP contribution in [0.5, 0.6) is 5.75 Å². The molecule has 0 saturated heterocycles. The molecule has 138 valence electrons. The average molecular weight is 353 g/mol. The van der Waals surface area contributed by atoms with Gasteiger partial charge >= 0.3 is 18.2 Å². The molecule has 1 aromatic carbocycles. The molecule has 1 rings (SSSR count). The number of carbonyl (C=O) groups excluding carboxylic acids is 2. The van der Waals surface area contributed by atoms with Crippen LogP contribution >= 0.6 is 0 Å². The molecule has 0 aliphatic rings.